The Labute approximate surface area is 136 Å². The summed E-state index contributed by atoms with van der Waals surface area (Å²) < 4.78 is 110. The van der Waals surface area contributed by atoms with Gasteiger partial charge in [-0.05, 0) is 36.4 Å². The maximum atomic E-state index is 13.5. The summed E-state index contributed by atoms with van der Waals surface area (Å²) >= 11 is 0. The van der Waals surface area contributed by atoms with E-state index < -0.39 is 46.6 Å². The van der Waals surface area contributed by atoms with E-state index in [4.69, 9.17) is 0 Å². The Morgan fingerprint density at radius 2 is 1.00 bits per heavy atom. The van der Waals surface area contributed by atoms with E-state index in [1.54, 1.807) is 0 Å². The van der Waals surface area contributed by atoms with Crippen LogP contribution in [-0.4, -0.2) is 7.69 Å². The molecule has 0 bridgehead atoms. The third-order valence-electron chi connectivity index (χ3n) is 2.87. The Balaban J connectivity index is 2.02. The van der Waals surface area contributed by atoms with Crippen LogP contribution < -0.4 is 9.31 Å². The fourth-order valence-electron chi connectivity index (χ4n) is 1.67. The molecule has 0 unspecified atom stereocenters. The van der Waals surface area contributed by atoms with Gasteiger partial charge in [0.1, 0.15) is 11.5 Å². The molecule has 0 aromatic heterocycles. The molecular formula is C14H6BF8O2. The number of hydrogen-bond donors (Lipinski definition) is 0. The van der Waals surface area contributed by atoms with Gasteiger partial charge in [-0.3, -0.25) is 0 Å². The van der Waals surface area contributed by atoms with Gasteiger partial charge in [0, 0.05) is 0 Å². The van der Waals surface area contributed by atoms with Crippen molar-refractivity contribution in [3.63, 3.8) is 0 Å². The van der Waals surface area contributed by atoms with Crippen LogP contribution >= 0.6 is 0 Å². The largest absolute Gasteiger partial charge is 0.658 e. The quantitative estimate of drug-likeness (QED) is 0.558. The van der Waals surface area contributed by atoms with E-state index in [1.165, 1.54) is 0 Å². The zero-order chi connectivity index (χ0) is 18.8. The summed E-state index contributed by atoms with van der Waals surface area (Å²) in [5, 5.41) is 0. The standard InChI is InChI=1S/C14H6BF8O2/c16-9-5-7(13(18,19)20)1-3-11(9)24-15-25-12-4-2-8(6-10(12)17)14(21,22)23/h1-6H. The molecular weight excluding hydrogens is 363 g/mol. The highest BCUT2D eigenvalue weighted by molar-refractivity contribution is 6.20. The molecule has 0 aliphatic rings. The normalized spacial score (nSPS) is 12.0. The molecule has 0 heterocycles. The Morgan fingerprint density at radius 1 is 0.640 bits per heavy atom. The van der Waals surface area contributed by atoms with Crippen molar-refractivity contribution in [2.24, 2.45) is 0 Å². The van der Waals surface area contributed by atoms with Crippen molar-refractivity contribution in [3.05, 3.63) is 59.2 Å². The van der Waals surface area contributed by atoms with E-state index in [9.17, 15) is 35.1 Å². The van der Waals surface area contributed by atoms with Crippen molar-refractivity contribution in [1.29, 1.82) is 0 Å². The number of hydrogen-bond acceptors (Lipinski definition) is 2. The second-order valence-corrected chi connectivity index (χ2v) is 4.62. The summed E-state index contributed by atoms with van der Waals surface area (Å²) in [5.74, 6) is -4.02. The minimum atomic E-state index is -4.75. The first-order valence-electron chi connectivity index (χ1n) is 6.37. The molecule has 2 aromatic carbocycles. The third kappa shape index (κ3) is 4.77. The predicted molar refractivity (Wildman–Crippen MR) is 69.8 cm³/mol. The molecule has 0 aliphatic carbocycles. The highest BCUT2D eigenvalue weighted by atomic mass is 19.4. The van der Waals surface area contributed by atoms with Gasteiger partial charge >= 0.3 is 20.0 Å². The first-order chi connectivity index (χ1) is 11.5. The number of alkyl halides is 6. The second kappa shape index (κ2) is 6.81. The molecule has 2 nitrogen and oxygen atoms in total. The highest BCUT2D eigenvalue weighted by Gasteiger charge is 2.32. The van der Waals surface area contributed by atoms with E-state index in [2.05, 4.69) is 9.31 Å². The highest BCUT2D eigenvalue weighted by Crippen LogP contribution is 2.33. The zero-order valence-corrected chi connectivity index (χ0v) is 11.9. The van der Waals surface area contributed by atoms with Gasteiger partial charge in [0.25, 0.3) is 0 Å². The van der Waals surface area contributed by atoms with Gasteiger partial charge < -0.3 is 9.31 Å². The van der Waals surface area contributed by atoms with Crippen LogP contribution in [-0.2, 0) is 12.4 Å². The summed E-state index contributed by atoms with van der Waals surface area (Å²) in [6.45, 7) is 0. The molecule has 25 heavy (non-hydrogen) atoms. The first kappa shape index (κ1) is 18.9. The van der Waals surface area contributed by atoms with Crippen molar-refractivity contribution in [2.45, 2.75) is 12.4 Å². The number of rotatable bonds is 4. The van der Waals surface area contributed by atoms with Gasteiger partial charge in [-0.2, -0.15) is 26.3 Å². The van der Waals surface area contributed by atoms with E-state index in [0.29, 0.717) is 32.0 Å². The van der Waals surface area contributed by atoms with Crippen LogP contribution in [0.5, 0.6) is 11.5 Å². The average Bonchev–Trinajstić information content (AvgIpc) is 2.48. The molecule has 1 radical (unpaired) electrons. The minimum absolute atomic E-state index is 0.182. The van der Waals surface area contributed by atoms with Crippen LogP contribution in [0.15, 0.2) is 36.4 Å². The zero-order valence-electron chi connectivity index (χ0n) is 11.9. The molecule has 133 valence electrons. The molecule has 11 heteroatoms. The second-order valence-electron chi connectivity index (χ2n) is 4.62. The van der Waals surface area contributed by atoms with Gasteiger partial charge in [0.2, 0.25) is 0 Å². The van der Waals surface area contributed by atoms with Gasteiger partial charge in [-0.15, -0.1) is 0 Å². The summed E-state index contributed by atoms with van der Waals surface area (Å²) in [5.41, 5.74) is -2.49. The molecule has 0 atom stereocenters. The monoisotopic (exact) mass is 369 g/mol. The van der Waals surface area contributed by atoms with Gasteiger partial charge in [-0.25, -0.2) is 8.78 Å². The summed E-state index contributed by atoms with van der Waals surface area (Å²) in [4.78, 5) is 0. The van der Waals surface area contributed by atoms with Crippen LogP contribution in [0, 0.1) is 11.6 Å². The van der Waals surface area contributed by atoms with Crippen molar-refractivity contribution in [1.82, 2.24) is 0 Å². The molecule has 2 rings (SSSR count). The van der Waals surface area contributed by atoms with Crippen molar-refractivity contribution < 1.29 is 44.4 Å². The van der Waals surface area contributed by atoms with Crippen molar-refractivity contribution in [3.8, 4) is 11.5 Å². The fraction of sp³-hybridized carbons (Fsp3) is 0.143. The van der Waals surface area contributed by atoms with Crippen LogP contribution in [0.4, 0.5) is 35.1 Å². The Bertz CT molecular complexity index is 694. The van der Waals surface area contributed by atoms with E-state index in [1.807, 2.05) is 0 Å². The van der Waals surface area contributed by atoms with E-state index >= 15 is 0 Å². The molecule has 0 spiro atoms. The maximum absolute atomic E-state index is 13.5. The smallest absolute Gasteiger partial charge is 0.524 e. The summed E-state index contributed by atoms with van der Waals surface area (Å²) in [6.07, 6.45) is -9.49. The first-order valence-corrected chi connectivity index (χ1v) is 6.37. The lowest BCUT2D eigenvalue weighted by Crippen LogP contribution is -2.14. The lowest BCUT2D eigenvalue weighted by molar-refractivity contribution is -0.138. The Morgan fingerprint density at radius 3 is 1.28 bits per heavy atom. The molecule has 2 aromatic rings. The number of benzene rings is 2. The molecule has 0 aliphatic heterocycles. The van der Waals surface area contributed by atoms with Crippen molar-refractivity contribution in [2.75, 3.05) is 0 Å². The third-order valence-corrected chi connectivity index (χ3v) is 2.87. The van der Waals surface area contributed by atoms with E-state index in [0.717, 1.165) is 0 Å². The van der Waals surface area contributed by atoms with Crippen LogP contribution in [0.2, 0.25) is 0 Å². The van der Waals surface area contributed by atoms with Gasteiger partial charge in [0.05, 0.1) is 11.1 Å². The number of halogens is 8. The summed E-state index contributed by atoms with van der Waals surface area (Å²) in [7, 11) is 0.372. The lowest BCUT2D eigenvalue weighted by Gasteiger charge is -2.11. The Kier molecular flexibility index (Phi) is 5.14. The molecule has 0 N–H and O–H groups in total. The predicted octanol–water partition coefficient (Wildman–Crippen LogP) is 4.99. The summed E-state index contributed by atoms with van der Waals surface area (Å²) in [6, 6.07) is 2.79. The maximum Gasteiger partial charge on any atom is 0.658 e. The SMILES string of the molecule is Fc1cc(C(F)(F)F)ccc1O[B]Oc1ccc(C(F)(F)F)cc1F. The van der Waals surface area contributed by atoms with Crippen LogP contribution in [0.25, 0.3) is 0 Å². The average molecular weight is 369 g/mol. The van der Waals surface area contributed by atoms with Gasteiger partial charge in [0.15, 0.2) is 11.6 Å². The minimum Gasteiger partial charge on any atom is -0.524 e. The van der Waals surface area contributed by atoms with Crippen LogP contribution in [0.1, 0.15) is 11.1 Å². The van der Waals surface area contributed by atoms with Crippen LogP contribution in [0.3, 0.4) is 0 Å². The lowest BCUT2D eigenvalue weighted by atomic mass is 10.2. The molecule has 0 saturated carbocycles. The van der Waals surface area contributed by atoms with E-state index in [-0.39, 0.29) is 12.1 Å². The van der Waals surface area contributed by atoms with Gasteiger partial charge in [-0.1, -0.05) is 0 Å². The topological polar surface area (TPSA) is 18.5 Å². The van der Waals surface area contributed by atoms with Crippen molar-refractivity contribution >= 4 is 7.69 Å². The Hall–Kier alpha value is -2.46. The molecule has 0 fully saturated rings. The molecule has 0 amide bonds. The fourth-order valence-corrected chi connectivity index (χ4v) is 1.67. The molecule has 0 saturated heterocycles.